The molecule has 0 unspecified atom stereocenters. The Kier molecular flexibility index (Phi) is 6.05. The van der Waals surface area contributed by atoms with Crippen molar-refractivity contribution in [3.8, 4) is 11.8 Å². The fraction of sp³-hybridized carbons (Fsp3) is 0.0625. The van der Waals surface area contributed by atoms with Crippen LogP contribution in [-0.4, -0.2) is 17.6 Å². The molecule has 2 rings (SSSR count). The van der Waals surface area contributed by atoms with Gasteiger partial charge in [-0.1, -0.05) is 12.1 Å². The van der Waals surface area contributed by atoms with Gasteiger partial charge in [0.05, 0.1) is 5.56 Å². The lowest BCUT2D eigenvalue weighted by molar-refractivity contribution is -0.123. The maximum atomic E-state index is 12.8. The molecule has 0 saturated heterocycles. The molecule has 24 heavy (non-hydrogen) atoms. The first-order chi connectivity index (χ1) is 11.6. The largest absolute Gasteiger partial charge is 0.482 e. The Labute approximate surface area is 143 Å². The van der Waals surface area contributed by atoms with Crippen LogP contribution in [0.5, 0.6) is 5.75 Å². The summed E-state index contributed by atoms with van der Waals surface area (Å²) >= 11 is 4.99. The van der Waals surface area contributed by atoms with Gasteiger partial charge in [0.1, 0.15) is 17.6 Å². The zero-order valence-electron chi connectivity index (χ0n) is 12.4. The number of hydrazine groups is 1. The monoisotopic (exact) mass is 344 g/mol. The van der Waals surface area contributed by atoms with Gasteiger partial charge in [0.15, 0.2) is 11.7 Å². The van der Waals surface area contributed by atoms with Crippen LogP contribution in [0.3, 0.4) is 0 Å². The van der Waals surface area contributed by atoms with Crippen LogP contribution in [-0.2, 0) is 4.79 Å². The van der Waals surface area contributed by atoms with Crippen molar-refractivity contribution in [3.63, 3.8) is 0 Å². The van der Waals surface area contributed by atoms with E-state index in [4.69, 9.17) is 22.2 Å². The Morgan fingerprint density at radius 1 is 1.17 bits per heavy atom. The molecule has 0 aliphatic heterocycles. The Bertz CT molecular complexity index is 774. The van der Waals surface area contributed by atoms with Crippen molar-refractivity contribution < 1.29 is 13.9 Å². The summed E-state index contributed by atoms with van der Waals surface area (Å²) in [6.07, 6.45) is 0. The van der Waals surface area contributed by atoms with E-state index in [9.17, 15) is 9.18 Å². The molecule has 2 aromatic carbocycles. The smallest absolute Gasteiger partial charge is 0.276 e. The van der Waals surface area contributed by atoms with Gasteiger partial charge in [0.2, 0.25) is 0 Å². The first-order valence-corrected chi connectivity index (χ1v) is 7.22. The molecular weight excluding hydrogens is 331 g/mol. The number of nitrogens with one attached hydrogen (secondary N) is 3. The van der Waals surface area contributed by atoms with Crippen molar-refractivity contribution in [1.29, 1.82) is 5.26 Å². The number of halogens is 1. The number of ether oxygens (including phenoxy) is 1. The molecule has 0 aliphatic carbocycles. The van der Waals surface area contributed by atoms with Crippen LogP contribution in [0.1, 0.15) is 5.56 Å². The molecule has 8 heteroatoms. The van der Waals surface area contributed by atoms with Gasteiger partial charge in [-0.3, -0.25) is 15.6 Å². The summed E-state index contributed by atoms with van der Waals surface area (Å²) in [5, 5.41) is 11.8. The average molecular weight is 344 g/mol. The third-order valence-corrected chi connectivity index (χ3v) is 2.99. The number of amides is 1. The summed E-state index contributed by atoms with van der Waals surface area (Å²) in [7, 11) is 0. The summed E-state index contributed by atoms with van der Waals surface area (Å²) in [4.78, 5) is 11.7. The number of nitrogens with zero attached hydrogens (tertiary/aromatic N) is 1. The number of para-hydroxylation sites is 1. The van der Waals surface area contributed by atoms with Crippen LogP contribution < -0.4 is 20.9 Å². The molecule has 0 spiro atoms. The lowest BCUT2D eigenvalue weighted by Gasteiger charge is -2.12. The highest BCUT2D eigenvalue weighted by molar-refractivity contribution is 7.80. The first kappa shape index (κ1) is 17.2. The second-order valence-corrected chi connectivity index (χ2v) is 4.94. The minimum absolute atomic E-state index is 0.132. The van der Waals surface area contributed by atoms with E-state index < -0.39 is 5.91 Å². The summed E-state index contributed by atoms with van der Waals surface area (Å²) in [6.45, 7) is -0.287. The zero-order chi connectivity index (χ0) is 17.4. The van der Waals surface area contributed by atoms with Crippen LogP contribution in [0.25, 0.3) is 0 Å². The predicted octanol–water partition coefficient (Wildman–Crippen LogP) is 2.09. The highest BCUT2D eigenvalue weighted by Crippen LogP contribution is 2.16. The molecule has 3 N–H and O–H groups in total. The van der Waals surface area contributed by atoms with Gasteiger partial charge >= 0.3 is 0 Å². The number of hydrogen-bond donors (Lipinski definition) is 3. The Morgan fingerprint density at radius 3 is 2.58 bits per heavy atom. The fourth-order valence-corrected chi connectivity index (χ4v) is 1.86. The lowest BCUT2D eigenvalue weighted by atomic mass is 10.2. The number of thiocarbonyl (C=S) groups is 1. The quantitative estimate of drug-likeness (QED) is 0.582. The SMILES string of the molecule is N#Cc1ccccc1OCC(=O)NNC(=S)Nc1ccc(F)cc1. The molecular formula is C16H13FN4O2S. The van der Waals surface area contributed by atoms with Gasteiger partial charge in [-0.25, -0.2) is 4.39 Å². The van der Waals surface area contributed by atoms with E-state index in [1.165, 1.54) is 24.3 Å². The van der Waals surface area contributed by atoms with E-state index in [1.54, 1.807) is 24.3 Å². The van der Waals surface area contributed by atoms with Gasteiger partial charge in [-0.15, -0.1) is 0 Å². The van der Waals surface area contributed by atoms with E-state index in [1.807, 2.05) is 6.07 Å². The normalized spacial score (nSPS) is 9.50. The predicted molar refractivity (Wildman–Crippen MR) is 90.6 cm³/mol. The Balaban J connectivity index is 1.75. The molecule has 0 atom stereocenters. The van der Waals surface area contributed by atoms with Crippen molar-refractivity contribution in [1.82, 2.24) is 10.9 Å². The van der Waals surface area contributed by atoms with Crippen molar-refractivity contribution in [2.24, 2.45) is 0 Å². The third-order valence-electron chi connectivity index (χ3n) is 2.78. The molecule has 0 aliphatic rings. The van der Waals surface area contributed by atoms with Crippen molar-refractivity contribution in [2.75, 3.05) is 11.9 Å². The van der Waals surface area contributed by atoms with Crippen LogP contribution in [0.15, 0.2) is 48.5 Å². The van der Waals surface area contributed by atoms with E-state index in [0.717, 1.165) is 0 Å². The standard InChI is InChI=1S/C16H13FN4O2S/c17-12-5-7-13(8-6-12)19-16(24)21-20-15(22)10-23-14-4-2-1-3-11(14)9-18/h1-8H,10H2,(H,20,22)(H2,19,21,24). The minimum Gasteiger partial charge on any atom is -0.482 e. The molecule has 0 saturated carbocycles. The Hall–Kier alpha value is -3.18. The molecule has 0 fully saturated rings. The van der Waals surface area contributed by atoms with E-state index in [-0.39, 0.29) is 17.5 Å². The fourth-order valence-electron chi connectivity index (χ4n) is 1.69. The summed E-state index contributed by atoms with van der Waals surface area (Å²) in [5.41, 5.74) is 5.75. The van der Waals surface area contributed by atoms with Crippen LogP contribution in [0.4, 0.5) is 10.1 Å². The maximum Gasteiger partial charge on any atom is 0.276 e. The minimum atomic E-state index is -0.481. The van der Waals surface area contributed by atoms with Crippen LogP contribution in [0, 0.1) is 17.1 Å². The molecule has 122 valence electrons. The number of benzene rings is 2. The number of rotatable bonds is 4. The second kappa shape index (κ2) is 8.45. The zero-order valence-corrected chi connectivity index (χ0v) is 13.2. The molecule has 0 bridgehead atoms. The summed E-state index contributed by atoms with van der Waals surface area (Å²) in [6, 6.07) is 14.1. The third kappa shape index (κ3) is 5.23. The number of hydrogen-bond acceptors (Lipinski definition) is 4. The average Bonchev–Trinajstić information content (AvgIpc) is 2.60. The van der Waals surface area contributed by atoms with Gasteiger partial charge in [-0.2, -0.15) is 5.26 Å². The molecule has 6 nitrogen and oxygen atoms in total. The highest BCUT2D eigenvalue weighted by atomic mass is 32.1. The molecule has 0 radical (unpaired) electrons. The molecule has 0 aromatic heterocycles. The van der Waals surface area contributed by atoms with Gasteiger partial charge < -0.3 is 10.1 Å². The Morgan fingerprint density at radius 2 is 1.88 bits per heavy atom. The molecule has 0 heterocycles. The van der Waals surface area contributed by atoms with Crippen LogP contribution >= 0.6 is 12.2 Å². The van der Waals surface area contributed by atoms with E-state index in [2.05, 4.69) is 16.2 Å². The first-order valence-electron chi connectivity index (χ1n) is 6.82. The van der Waals surface area contributed by atoms with Gasteiger partial charge in [0.25, 0.3) is 5.91 Å². The van der Waals surface area contributed by atoms with E-state index in [0.29, 0.717) is 17.0 Å². The van der Waals surface area contributed by atoms with Gasteiger partial charge in [0, 0.05) is 5.69 Å². The lowest BCUT2D eigenvalue weighted by Crippen LogP contribution is -2.45. The van der Waals surface area contributed by atoms with Crippen molar-refractivity contribution >= 4 is 28.9 Å². The number of nitriles is 1. The molecule has 1 amide bonds. The number of anilines is 1. The summed E-state index contributed by atoms with van der Waals surface area (Å²) in [5.74, 6) is -0.518. The van der Waals surface area contributed by atoms with E-state index >= 15 is 0 Å². The summed E-state index contributed by atoms with van der Waals surface area (Å²) < 4.78 is 18.1. The number of carbonyl (C=O) groups excluding carboxylic acids is 1. The van der Waals surface area contributed by atoms with Crippen LogP contribution in [0.2, 0.25) is 0 Å². The number of carbonyl (C=O) groups is 1. The topological polar surface area (TPSA) is 86.2 Å². The highest BCUT2D eigenvalue weighted by Gasteiger charge is 2.06. The van der Waals surface area contributed by atoms with Crippen molar-refractivity contribution in [3.05, 3.63) is 59.9 Å². The second-order valence-electron chi connectivity index (χ2n) is 4.53. The van der Waals surface area contributed by atoms with Gasteiger partial charge in [-0.05, 0) is 48.6 Å². The van der Waals surface area contributed by atoms with Crippen molar-refractivity contribution in [2.45, 2.75) is 0 Å². The molecule has 2 aromatic rings. The maximum absolute atomic E-state index is 12.8.